The van der Waals surface area contributed by atoms with E-state index in [1.54, 1.807) is 0 Å². The van der Waals surface area contributed by atoms with Gasteiger partial charge in [-0.1, -0.05) is 0 Å². The normalized spacial score (nSPS) is 25.2. The van der Waals surface area contributed by atoms with Crippen LogP contribution in [0.1, 0.15) is 26.7 Å². The first kappa shape index (κ1) is 6.72. The lowest BCUT2D eigenvalue weighted by molar-refractivity contribution is -0.124. The average molecular weight is 130 g/mol. The van der Waals surface area contributed by atoms with Gasteiger partial charge in [0.2, 0.25) is 0 Å². The molecule has 0 aromatic rings. The molecule has 1 saturated carbocycles. The predicted octanol–water partition coefficient (Wildman–Crippen LogP) is 1.71. The van der Waals surface area contributed by atoms with Crippen LogP contribution in [0.4, 0.5) is 4.39 Å². The topological polar surface area (TPSA) is 17.1 Å². The van der Waals surface area contributed by atoms with Crippen LogP contribution in [0, 0.1) is 5.41 Å². The molecule has 1 unspecified atom stereocenters. The second-order valence-corrected chi connectivity index (χ2v) is 2.83. The van der Waals surface area contributed by atoms with Crippen molar-refractivity contribution in [2.75, 3.05) is 0 Å². The minimum atomic E-state index is -0.949. The summed E-state index contributed by atoms with van der Waals surface area (Å²) >= 11 is 0. The molecule has 0 saturated heterocycles. The predicted molar refractivity (Wildman–Crippen MR) is 32.9 cm³/mol. The van der Waals surface area contributed by atoms with Crippen LogP contribution in [-0.4, -0.2) is 12.0 Å². The highest BCUT2D eigenvalue weighted by atomic mass is 19.1. The van der Waals surface area contributed by atoms with Gasteiger partial charge in [-0.25, -0.2) is 4.39 Å². The van der Waals surface area contributed by atoms with Gasteiger partial charge in [0.15, 0.2) is 0 Å². The van der Waals surface area contributed by atoms with Crippen LogP contribution >= 0.6 is 0 Å². The molecule has 0 aromatic carbocycles. The number of hydrogen-bond donors (Lipinski definition) is 0. The Morgan fingerprint density at radius 3 is 2.11 bits per heavy atom. The molecule has 1 atom stereocenters. The highest BCUT2D eigenvalue weighted by Crippen LogP contribution is 2.50. The molecule has 1 nitrogen and oxygen atoms in total. The smallest absolute Gasteiger partial charge is 0.138 e. The molecule has 0 radical (unpaired) electrons. The van der Waals surface area contributed by atoms with E-state index in [0.29, 0.717) is 0 Å². The fourth-order valence-electron chi connectivity index (χ4n) is 1.16. The van der Waals surface area contributed by atoms with Crippen molar-refractivity contribution in [3.05, 3.63) is 0 Å². The van der Waals surface area contributed by atoms with Crippen LogP contribution in [-0.2, 0) is 4.79 Å². The Labute approximate surface area is 54.3 Å². The second kappa shape index (κ2) is 1.79. The Balaban J connectivity index is 2.63. The molecule has 1 rings (SSSR count). The molecule has 0 bridgehead atoms. The van der Waals surface area contributed by atoms with Crippen LogP contribution in [0.3, 0.4) is 0 Å². The molecule has 0 spiro atoms. The van der Waals surface area contributed by atoms with E-state index in [-0.39, 0.29) is 5.78 Å². The number of alkyl halides is 1. The summed E-state index contributed by atoms with van der Waals surface area (Å²) < 4.78 is 12.6. The maximum atomic E-state index is 12.6. The molecule has 1 aliphatic rings. The molecular weight excluding hydrogens is 119 g/mol. The van der Waals surface area contributed by atoms with E-state index in [1.807, 2.05) is 0 Å². The van der Waals surface area contributed by atoms with Gasteiger partial charge in [0.25, 0.3) is 0 Å². The first-order valence-corrected chi connectivity index (χ1v) is 3.25. The Kier molecular flexibility index (Phi) is 1.34. The molecule has 1 fully saturated rings. The molecule has 0 aliphatic heterocycles. The SMILES string of the molecule is CC(=O)C1(C(C)F)CC1. The lowest BCUT2D eigenvalue weighted by Crippen LogP contribution is -2.21. The van der Waals surface area contributed by atoms with Crippen LogP contribution in [0.2, 0.25) is 0 Å². The molecule has 52 valence electrons. The lowest BCUT2D eigenvalue weighted by atomic mass is 9.97. The molecule has 0 aromatic heterocycles. The van der Waals surface area contributed by atoms with E-state index < -0.39 is 11.6 Å². The van der Waals surface area contributed by atoms with Crippen molar-refractivity contribution in [1.82, 2.24) is 0 Å². The third-order valence-electron chi connectivity index (χ3n) is 2.25. The molecule has 0 heterocycles. The summed E-state index contributed by atoms with van der Waals surface area (Å²) in [5.41, 5.74) is -0.556. The quantitative estimate of drug-likeness (QED) is 0.556. The fourth-order valence-corrected chi connectivity index (χ4v) is 1.16. The van der Waals surface area contributed by atoms with Gasteiger partial charge in [-0.3, -0.25) is 4.79 Å². The van der Waals surface area contributed by atoms with Crippen molar-refractivity contribution in [2.24, 2.45) is 5.41 Å². The number of ketones is 1. The minimum Gasteiger partial charge on any atom is -0.299 e. The number of rotatable bonds is 2. The second-order valence-electron chi connectivity index (χ2n) is 2.83. The van der Waals surface area contributed by atoms with E-state index in [1.165, 1.54) is 13.8 Å². The molecule has 1 aliphatic carbocycles. The van der Waals surface area contributed by atoms with E-state index in [0.717, 1.165) is 12.8 Å². The van der Waals surface area contributed by atoms with Gasteiger partial charge in [0.05, 0.1) is 5.41 Å². The summed E-state index contributed by atoms with van der Waals surface area (Å²) in [5.74, 6) is 0.0116. The summed E-state index contributed by atoms with van der Waals surface area (Å²) in [5, 5.41) is 0. The zero-order valence-corrected chi connectivity index (χ0v) is 5.78. The maximum absolute atomic E-state index is 12.6. The molecule has 2 heteroatoms. The van der Waals surface area contributed by atoms with Crippen molar-refractivity contribution in [3.63, 3.8) is 0 Å². The van der Waals surface area contributed by atoms with Gasteiger partial charge in [-0.2, -0.15) is 0 Å². The summed E-state index contributed by atoms with van der Waals surface area (Å²) in [7, 11) is 0. The Morgan fingerprint density at radius 1 is 1.67 bits per heavy atom. The van der Waals surface area contributed by atoms with E-state index >= 15 is 0 Å². The van der Waals surface area contributed by atoms with Crippen molar-refractivity contribution < 1.29 is 9.18 Å². The maximum Gasteiger partial charge on any atom is 0.138 e. The highest BCUT2D eigenvalue weighted by molar-refractivity contribution is 5.85. The zero-order valence-electron chi connectivity index (χ0n) is 5.78. The number of carbonyl (C=O) groups is 1. The Bertz CT molecular complexity index is 136. The molecular formula is C7H11FO. The Morgan fingerprint density at radius 2 is 2.11 bits per heavy atom. The van der Waals surface area contributed by atoms with Crippen LogP contribution < -0.4 is 0 Å². The fraction of sp³-hybridized carbons (Fsp3) is 0.857. The monoisotopic (exact) mass is 130 g/mol. The standard InChI is InChI=1S/C7H11FO/c1-5(8)7(3-4-7)6(2)9/h5H,3-4H2,1-2H3. The van der Waals surface area contributed by atoms with E-state index in [2.05, 4.69) is 0 Å². The van der Waals surface area contributed by atoms with Crippen LogP contribution in [0.5, 0.6) is 0 Å². The van der Waals surface area contributed by atoms with Crippen molar-refractivity contribution in [3.8, 4) is 0 Å². The Hall–Kier alpha value is -0.400. The number of carbonyl (C=O) groups excluding carboxylic acids is 1. The summed E-state index contributed by atoms with van der Waals surface area (Å²) in [6.45, 7) is 2.94. The summed E-state index contributed by atoms with van der Waals surface area (Å²) in [4.78, 5) is 10.7. The molecule has 0 amide bonds. The largest absolute Gasteiger partial charge is 0.299 e. The number of Topliss-reactive ketones (excluding diaryl/α,β-unsaturated/α-hetero) is 1. The van der Waals surface area contributed by atoms with Gasteiger partial charge in [0, 0.05) is 0 Å². The van der Waals surface area contributed by atoms with Crippen molar-refractivity contribution >= 4 is 5.78 Å². The highest BCUT2D eigenvalue weighted by Gasteiger charge is 2.52. The van der Waals surface area contributed by atoms with Crippen molar-refractivity contribution in [1.29, 1.82) is 0 Å². The first-order valence-electron chi connectivity index (χ1n) is 3.25. The molecule has 9 heavy (non-hydrogen) atoms. The van der Waals surface area contributed by atoms with Crippen molar-refractivity contribution in [2.45, 2.75) is 32.9 Å². The van der Waals surface area contributed by atoms with Crippen LogP contribution in [0.15, 0.2) is 0 Å². The number of halogens is 1. The van der Waals surface area contributed by atoms with Gasteiger partial charge in [-0.05, 0) is 26.7 Å². The van der Waals surface area contributed by atoms with Gasteiger partial charge < -0.3 is 0 Å². The third kappa shape index (κ3) is 0.865. The first-order chi connectivity index (χ1) is 4.09. The van der Waals surface area contributed by atoms with E-state index in [4.69, 9.17) is 0 Å². The summed E-state index contributed by atoms with van der Waals surface area (Å²) in [6.07, 6.45) is 0.551. The van der Waals surface area contributed by atoms with E-state index in [9.17, 15) is 9.18 Å². The lowest BCUT2D eigenvalue weighted by Gasteiger charge is -2.10. The zero-order chi connectivity index (χ0) is 7.07. The molecule has 0 N–H and O–H groups in total. The summed E-state index contributed by atoms with van der Waals surface area (Å²) in [6, 6.07) is 0. The third-order valence-corrected chi connectivity index (χ3v) is 2.25. The van der Waals surface area contributed by atoms with Gasteiger partial charge in [0.1, 0.15) is 12.0 Å². The van der Waals surface area contributed by atoms with Crippen LogP contribution in [0.25, 0.3) is 0 Å². The van der Waals surface area contributed by atoms with Gasteiger partial charge in [-0.15, -0.1) is 0 Å². The van der Waals surface area contributed by atoms with Gasteiger partial charge >= 0.3 is 0 Å². The number of hydrogen-bond acceptors (Lipinski definition) is 1. The minimum absolute atomic E-state index is 0.0116. The average Bonchev–Trinajstić information content (AvgIpc) is 2.40.